The van der Waals surface area contributed by atoms with Crippen LogP contribution >= 0.6 is 0 Å². The lowest BCUT2D eigenvalue weighted by Gasteiger charge is -2.29. The van der Waals surface area contributed by atoms with Gasteiger partial charge >= 0.3 is 0 Å². The summed E-state index contributed by atoms with van der Waals surface area (Å²) in [5.74, 6) is -1.12. The van der Waals surface area contributed by atoms with Gasteiger partial charge in [-0.15, -0.1) is 0 Å². The van der Waals surface area contributed by atoms with Gasteiger partial charge in [0, 0.05) is 11.6 Å². The van der Waals surface area contributed by atoms with Crippen molar-refractivity contribution in [3.63, 3.8) is 0 Å². The second-order valence-corrected chi connectivity index (χ2v) is 8.90. The maximum atomic E-state index is 14.7. The molecule has 3 rings (SSSR count). The molecule has 2 aromatic rings. The van der Waals surface area contributed by atoms with E-state index in [2.05, 4.69) is 6.92 Å². The highest BCUT2D eigenvalue weighted by molar-refractivity contribution is 5.31. The van der Waals surface area contributed by atoms with Crippen molar-refractivity contribution in [2.75, 3.05) is 6.61 Å². The first kappa shape index (κ1) is 24.6. The Morgan fingerprint density at radius 3 is 2.34 bits per heavy atom. The molecule has 0 saturated heterocycles. The molecule has 0 spiro atoms. The van der Waals surface area contributed by atoms with Gasteiger partial charge in [0.2, 0.25) is 0 Å². The molecule has 1 aliphatic rings. The fourth-order valence-corrected chi connectivity index (χ4v) is 4.37. The zero-order valence-corrected chi connectivity index (χ0v) is 19.3. The Morgan fingerprint density at radius 1 is 0.875 bits per heavy atom. The second-order valence-electron chi connectivity index (χ2n) is 8.90. The van der Waals surface area contributed by atoms with Gasteiger partial charge in [0.1, 0.15) is 11.6 Å². The largest absolute Gasteiger partial charge is 0.493 e. The van der Waals surface area contributed by atoms with Crippen molar-refractivity contribution in [1.29, 1.82) is 0 Å². The third kappa shape index (κ3) is 6.74. The van der Waals surface area contributed by atoms with E-state index >= 15 is 0 Å². The van der Waals surface area contributed by atoms with Gasteiger partial charge in [0.15, 0.2) is 11.6 Å². The smallest absolute Gasteiger partial charge is 0.164 e. The maximum Gasteiger partial charge on any atom is 0.164 e. The molecule has 1 fully saturated rings. The molecule has 0 bridgehead atoms. The summed E-state index contributed by atoms with van der Waals surface area (Å²) in [6, 6.07) is 8.35. The molecule has 0 heterocycles. The molecule has 0 aromatic heterocycles. The summed E-state index contributed by atoms with van der Waals surface area (Å²) in [5.41, 5.74) is 1.25. The maximum absolute atomic E-state index is 14.7. The van der Waals surface area contributed by atoms with Gasteiger partial charge in [-0.05, 0) is 62.1 Å². The van der Waals surface area contributed by atoms with E-state index in [1.807, 2.05) is 12.1 Å². The Morgan fingerprint density at radius 2 is 1.62 bits per heavy atom. The molecule has 32 heavy (non-hydrogen) atoms. The highest BCUT2D eigenvalue weighted by atomic mass is 19.2. The number of ether oxygens (including phenoxy) is 2. The first-order chi connectivity index (χ1) is 15.5. The van der Waals surface area contributed by atoms with Gasteiger partial charge in [0.25, 0.3) is 0 Å². The lowest BCUT2D eigenvalue weighted by atomic mass is 9.82. The molecule has 1 saturated carbocycles. The molecule has 0 aliphatic heterocycles. The highest BCUT2D eigenvalue weighted by Gasteiger charge is 2.25. The van der Waals surface area contributed by atoms with Gasteiger partial charge in [0.05, 0.1) is 19.3 Å². The molecule has 5 heteroatoms. The normalized spacial score (nSPS) is 18.7. The predicted octanol–water partition coefficient (Wildman–Crippen LogP) is 8.00. The molecule has 0 unspecified atom stereocenters. The van der Waals surface area contributed by atoms with E-state index in [-0.39, 0.29) is 35.6 Å². The van der Waals surface area contributed by atoms with Gasteiger partial charge in [-0.3, -0.25) is 0 Å². The Labute approximate surface area is 190 Å². The van der Waals surface area contributed by atoms with Crippen LogP contribution in [-0.2, 0) is 11.3 Å². The zero-order valence-electron chi connectivity index (χ0n) is 19.3. The van der Waals surface area contributed by atoms with Crippen LogP contribution in [-0.4, -0.2) is 12.7 Å². The van der Waals surface area contributed by atoms with E-state index in [9.17, 15) is 13.2 Å². The molecule has 0 amide bonds. The molecule has 0 atom stereocenters. The molecule has 1 aliphatic carbocycles. The molecule has 0 N–H and O–H groups in total. The van der Waals surface area contributed by atoms with Crippen molar-refractivity contribution >= 4 is 0 Å². The van der Waals surface area contributed by atoms with Crippen molar-refractivity contribution in [3.8, 4) is 5.75 Å². The van der Waals surface area contributed by atoms with E-state index in [0.29, 0.717) is 12.4 Å². The molecule has 176 valence electrons. The third-order valence-electron chi connectivity index (χ3n) is 6.43. The quantitative estimate of drug-likeness (QED) is 0.324. The van der Waals surface area contributed by atoms with Gasteiger partial charge < -0.3 is 9.47 Å². The van der Waals surface area contributed by atoms with Crippen LogP contribution in [0.25, 0.3) is 0 Å². The van der Waals surface area contributed by atoms with Gasteiger partial charge in [-0.2, -0.15) is 0 Å². The van der Waals surface area contributed by atoms with E-state index in [0.717, 1.165) is 44.1 Å². The Bertz CT molecular complexity index is 860. The number of halogens is 3. The standard InChI is InChI=1S/C27H35F3O2/c1-3-4-5-6-7-16-31-23-14-15-24(25(28)17-23)20-10-12-22(13-11-20)32-18-21-9-8-19(2)26(29)27(21)30/h8-9,14-15,17,20,22H,3-7,10-13,16,18H2,1-2H3. The van der Waals surface area contributed by atoms with Crippen molar-refractivity contribution < 1.29 is 22.6 Å². The Kier molecular flexibility index (Phi) is 9.46. The molecule has 0 radical (unpaired) electrons. The number of rotatable bonds is 11. The highest BCUT2D eigenvalue weighted by Crippen LogP contribution is 2.36. The van der Waals surface area contributed by atoms with Crippen molar-refractivity contribution in [1.82, 2.24) is 0 Å². The lowest BCUT2D eigenvalue weighted by molar-refractivity contribution is 0.0116. The van der Waals surface area contributed by atoms with Crippen LogP contribution in [0.2, 0.25) is 0 Å². The van der Waals surface area contributed by atoms with Crippen LogP contribution in [0.4, 0.5) is 13.2 Å². The summed E-state index contributed by atoms with van der Waals surface area (Å²) in [5, 5.41) is 0. The zero-order chi connectivity index (χ0) is 22.9. The summed E-state index contributed by atoms with van der Waals surface area (Å²) in [6.45, 7) is 4.40. The van der Waals surface area contributed by atoms with Crippen molar-refractivity contribution in [2.45, 2.75) is 90.3 Å². The molecule has 2 nitrogen and oxygen atoms in total. The molecular weight excluding hydrogens is 413 g/mol. The Balaban J connectivity index is 1.44. The SMILES string of the molecule is CCCCCCCOc1ccc(C2CCC(OCc3ccc(C)c(F)c3F)CC2)c(F)c1. The van der Waals surface area contributed by atoms with Crippen LogP contribution in [0.1, 0.15) is 87.3 Å². The Hall–Kier alpha value is -2.01. The van der Waals surface area contributed by atoms with E-state index < -0.39 is 11.6 Å². The average Bonchev–Trinajstić information content (AvgIpc) is 2.80. The summed E-state index contributed by atoms with van der Waals surface area (Å²) in [6.07, 6.45) is 8.97. The summed E-state index contributed by atoms with van der Waals surface area (Å²) in [7, 11) is 0. The summed E-state index contributed by atoms with van der Waals surface area (Å²) in [4.78, 5) is 0. The predicted molar refractivity (Wildman–Crippen MR) is 122 cm³/mol. The van der Waals surface area contributed by atoms with Crippen molar-refractivity contribution in [2.24, 2.45) is 0 Å². The number of benzene rings is 2. The number of aryl methyl sites for hydroxylation is 1. The van der Waals surface area contributed by atoms with E-state index in [1.54, 1.807) is 12.1 Å². The van der Waals surface area contributed by atoms with Gasteiger partial charge in [-0.1, -0.05) is 50.8 Å². The first-order valence-corrected chi connectivity index (χ1v) is 12.0. The summed E-state index contributed by atoms with van der Waals surface area (Å²) < 4.78 is 54.0. The van der Waals surface area contributed by atoms with Crippen LogP contribution in [0.5, 0.6) is 5.75 Å². The molecular formula is C27H35F3O2. The summed E-state index contributed by atoms with van der Waals surface area (Å²) >= 11 is 0. The minimum atomic E-state index is -0.830. The number of hydrogen-bond acceptors (Lipinski definition) is 2. The van der Waals surface area contributed by atoms with Gasteiger partial charge in [-0.25, -0.2) is 13.2 Å². The molecule has 2 aromatic carbocycles. The minimum absolute atomic E-state index is 0.0200. The van der Waals surface area contributed by atoms with Crippen LogP contribution in [0, 0.1) is 24.4 Å². The topological polar surface area (TPSA) is 18.5 Å². The lowest BCUT2D eigenvalue weighted by Crippen LogP contribution is -2.21. The minimum Gasteiger partial charge on any atom is -0.493 e. The third-order valence-corrected chi connectivity index (χ3v) is 6.43. The fraction of sp³-hybridized carbons (Fsp3) is 0.556. The average molecular weight is 449 g/mol. The number of unbranched alkanes of at least 4 members (excludes halogenated alkanes) is 4. The first-order valence-electron chi connectivity index (χ1n) is 12.0. The van der Waals surface area contributed by atoms with Crippen LogP contribution in [0.3, 0.4) is 0 Å². The fourth-order valence-electron chi connectivity index (χ4n) is 4.37. The van der Waals surface area contributed by atoms with E-state index in [4.69, 9.17) is 9.47 Å². The second kappa shape index (κ2) is 12.3. The van der Waals surface area contributed by atoms with Crippen molar-refractivity contribution in [3.05, 3.63) is 64.5 Å². The van der Waals surface area contributed by atoms with E-state index in [1.165, 1.54) is 32.3 Å². The monoisotopic (exact) mass is 448 g/mol. The number of hydrogen-bond donors (Lipinski definition) is 0. The van der Waals surface area contributed by atoms with Crippen LogP contribution < -0.4 is 4.74 Å². The van der Waals surface area contributed by atoms with Crippen LogP contribution in [0.15, 0.2) is 30.3 Å².